The lowest BCUT2D eigenvalue weighted by atomic mass is 9.87. The predicted molar refractivity (Wildman–Crippen MR) is 54.8 cm³/mol. The molecule has 0 heterocycles. The number of amides is 1. The first-order valence-electron chi connectivity index (χ1n) is 5.13. The van der Waals surface area contributed by atoms with E-state index in [-0.39, 0.29) is 18.0 Å². The molecule has 1 rings (SSSR count). The zero-order chi connectivity index (χ0) is 10.8. The van der Waals surface area contributed by atoms with E-state index in [1.54, 1.807) is 14.0 Å². The third kappa shape index (κ3) is 2.25. The van der Waals surface area contributed by atoms with Crippen LogP contribution in [0.5, 0.6) is 0 Å². The standard InChI is InChI=1S/C10H20N2O2/c1-4-10(2,14-3)9(13)12-8-5-7(11)6-8/h7-8H,4-6,11H2,1-3H3,(H,12,13). The fraction of sp³-hybridized carbons (Fsp3) is 0.900. The summed E-state index contributed by atoms with van der Waals surface area (Å²) in [6.45, 7) is 3.75. The van der Waals surface area contributed by atoms with Crippen molar-refractivity contribution in [2.75, 3.05) is 7.11 Å². The smallest absolute Gasteiger partial charge is 0.252 e. The number of nitrogens with one attached hydrogen (secondary N) is 1. The maximum Gasteiger partial charge on any atom is 0.252 e. The lowest BCUT2D eigenvalue weighted by Gasteiger charge is -2.36. The van der Waals surface area contributed by atoms with Crippen molar-refractivity contribution in [3.63, 3.8) is 0 Å². The SMILES string of the molecule is CCC(C)(OC)C(=O)NC1CC(N)C1. The van der Waals surface area contributed by atoms with Crippen molar-refractivity contribution in [2.24, 2.45) is 5.73 Å². The van der Waals surface area contributed by atoms with Crippen LogP contribution in [0.1, 0.15) is 33.1 Å². The van der Waals surface area contributed by atoms with Crippen LogP contribution in [0.3, 0.4) is 0 Å². The Hall–Kier alpha value is -0.610. The van der Waals surface area contributed by atoms with E-state index in [0.29, 0.717) is 6.42 Å². The molecular weight excluding hydrogens is 180 g/mol. The van der Waals surface area contributed by atoms with Crippen molar-refractivity contribution in [3.8, 4) is 0 Å². The van der Waals surface area contributed by atoms with E-state index in [2.05, 4.69) is 5.32 Å². The number of hydrogen-bond donors (Lipinski definition) is 2. The molecule has 1 fully saturated rings. The molecule has 4 heteroatoms. The zero-order valence-corrected chi connectivity index (χ0v) is 9.17. The van der Waals surface area contributed by atoms with Crippen molar-refractivity contribution in [3.05, 3.63) is 0 Å². The van der Waals surface area contributed by atoms with E-state index in [9.17, 15) is 4.79 Å². The van der Waals surface area contributed by atoms with Crippen LogP contribution in [0.2, 0.25) is 0 Å². The first-order chi connectivity index (χ1) is 6.51. The van der Waals surface area contributed by atoms with E-state index >= 15 is 0 Å². The maximum atomic E-state index is 11.8. The van der Waals surface area contributed by atoms with Gasteiger partial charge in [-0.2, -0.15) is 0 Å². The van der Waals surface area contributed by atoms with Gasteiger partial charge in [0.2, 0.25) is 0 Å². The van der Waals surface area contributed by atoms with Crippen LogP contribution in [-0.4, -0.2) is 30.7 Å². The topological polar surface area (TPSA) is 64.3 Å². The second-order valence-electron chi connectivity index (χ2n) is 4.19. The molecule has 0 radical (unpaired) electrons. The third-order valence-electron chi connectivity index (χ3n) is 3.12. The highest BCUT2D eigenvalue weighted by Crippen LogP contribution is 2.20. The molecule has 82 valence electrons. The first kappa shape index (κ1) is 11.5. The van der Waals surface area contributed by atoms with Gasteiger partial charge in [-0.15, -0.1) is 0 Å². The average Bonchev–Trinajstić information content (AvgIpc) is 2.14. The minimum absolute atomic E-state index is 0.0283. The number of nitrogens with two attached hydrogens (primary N) is 1. The molecule has 0 aromatic carbocycles. The van der Waals surface area contributed by atoms with Gasteiger partial charge in [-0.1, -0.05) is 6.92 Å². The predicted octanol–water partition coefficient (Wildman–Crippen LogP) is 0.407. The van der Waals surface area contributed by atoms with Gasteiger partial charge in [-0.3, -0.25) is 4.79 Å². The molecule has 3 N–H and O–H groups in total. The van der Waals surface area contributed by atoms with Crippen LogP contribution >= 0.6 is 0 Å². The van der Waals surface area contributed by atoms with Gasteiger partial charge in [0.15, 0.2) is 0 Å². The van der Waals surface area contributed by atoms with Crippen LogP contribution < -0.4 is 11.1 Å². The van der Waals surface area contributed by atoms with E-state index in [4.69, 9.17) is 10.5 Å². The molecule has 4 nitrogen and oxygen atoms in total. The van der Waals surface area contributed by atoms with E-state index < -0.39 is 5.60 Å². The molecule has 0 spiro atoms. The Bertz CT molecular complexity index is 208. The summed E-state index contributed by atoms with van der Waals surface area (Å²) in [4.78, 5) is 11.8. The molecule has 1 atom stereocenters. The summed E-state index contributed by atoms with van der Waals surface area (Å²) >= 11 is 0. The molecule has 0 aromatic rings. The Morgan fingerprint density at radius 3 is 2.57 bits per heavy atom. The molecule has 1 aliphatic rings. The molecule has 1 amide bonds. The molecule has 1 saturated carbocycles. The first-order valence-corrected chi connectivity index (χ1v) is 5.13. The van der Waals surface area contributed by atoms with Crippen molar-refractivity contribution in [2.45, 2.75) is 50.8 Å². The summed E-state index contributed by atoms with van der Waals surface area (Å²) in [5, 5.41) is 2.95. The Morgan fingerprint density at radius 1 is 1.64 bits per heavy atom. The maximum absolute atomic E-state index is 11.8. The van der Waals surface area contributed by atoms with Crippen LogP contribution in [0.4, 0.5) is 0 Å². The van der Waals surface area contributed by atoms with Crippen molar-refractivity contribution in [1.82, 2.24) is 5.32 Å². The molecule has 0 saturated heterocycles. The Kier molecular flexibility index (Phi) is 3.50. The van der Waals surface area contributed by atoms with E-state index in [0.717, 1.165) is 12.8 Å². The molecule has 0 bridgehead atoms. The van der Waals surface area contributed by atoms with Crippen LogP contribution in [0.15, 0.2) is 0 Å². The summed E-state index contributed by atoms with van der Waals surface area (Å²) in [7, 11) is 1.57. The van der Waals surface area contributed by atoms with Crippen LogP contribution in [0, 0.1) is 0 Å². The lowest BCUT2D eigenvalue weighted by molar-refractivity contribution is -0.143. The fourth-order valence-corrected chi connectivity index (χ4v) is 1.52. The second-order valence-corrected chi connectivity index (χ2v) is 4.19. The minimum atomic E-state index is -0.695. The summed E-state index contributed by atoms with van der Waals surface area (Å²) < 4.78 is 5.20. The van der Waals surface area contributed by atoms with Gasteiger partial charge in [-0.25, -0.2) is 0 Å². The Labute approximate surface area is 85.2 Å². The summed E-state index contributed by atoms with van der Waals surface area (Å²) in [6, 6.07) is 0.509. The highest BCUT2D eigenvalue weighted by molar-refractivity contribution is 5.85. The van der Waals surface area contributed by atoms with Crippen LogP contribution in [-0.2, 0) is 9.53 Å². The summed E-state index contributed by atoms with van der Waals surface area (Å²) in [5.74, 6) is -0.0283. The van der Waals surface area contributed by atoms with Gasteiger partial charge in [-0.05, 0) is 26.2 Å². The second kappa shape index (κ2) is 4.28. The number of rotatable bonds is 4. The van der Waals surface area contributed by atoms with E-state index in [1.807, 2.05) is 6.92 Å². The molecule has 1 aliphatic carbocycles. The van der Waals surface area contributed by atoms with Gasteiger partial charge in [0.25, 0.3) is 5.91 Å². The zero-order valence-electron chi connectivity index (χ0n) is 9.17. The highest BCUT2D eigenvalue weighted by Gasteiger charge is 2.35. The normalized spacial score (nSPS) is 30.3. The lowest BCUT2D eigenvalue weighted by Crippen LogP contribution is -2.55. The highest BCUT2D eigenvalue weighted by atomic mass is 16.5. The van der Waals surface area contributed by atoms with Crippen molar-refractivity contribution in [1.29, 1.82) is 0 Å². The summed E-state index contributed by atoms with van der Waals surface area (Å²) in [6.07, 6.45) is 2.44. The Morgan fingerprint density at radius 2 is 2.21 bits per heavy atom. The van der Waals surface area contributed by atoms with Crippen molar-refractivity contribution >= 4 is 5.91 Å². The molecular formula is C10H20N2O2. The fourth-order valence-electron chi connectivity index (χ4n) is 1.52. The quantitative estimate of drug-likeness (QED) is 0.690. The average molecular weight is 200 g/mol. The van der Waals surface area contributed by atoms with Gasteiger partial charge in [0.1, 0.15) is 5.60 Å². The van der Waals surface area contributed by atoms with Gasteiger partial charge >= 0.3 is 0 Å². The third-order valence-corrected chi connectivity index (χ3v) is 3.12. The Balaban J connectivity index is 2.40. The number of hydrogen-bond acceptors (Lipinski definition) is 3. The molecule has 0 aliphatic heterocycles. The van der Waals surface area contributed by atoms with Gasteiger partial charge in [0.05, 0.1) is 0 Å². The van der Waals surface area contributed by atoms with Crippen molar-refractivity contribution < 1.29 is 9.53 Å². The molecule has 14 heavy (non-hydrogen) atoms. The minimum Gasteiger partial charge on any atom is -0.369 e. The monoisotopic (exact) mass is 200 g/mol. The molecule has 0 aromatic heterocycles. The number of carbonyl (C=O) groups is 1. The van der Waals surface area contributed by atoms with Gasteiger partial charge in [0, 0.05) is 19.2 Å². The number of methoxy groups -OCH3 is 1. The van der Waals surface area contributed by atoms with Gasteiger partial charge < -0.3 is 15.8 Å². The van der Waals surface area contributed by atoms with Crippen LogP contribution in [0.25, 0.3) is 0 Å². The molecule has 1 unspecified atom stereocenters. The summed E-state index contributed by atoms with van der Waals surface area (Å²) in [5.41, 5.74) is 4.94. The number of carbonyl (C=O) groups excluding carboxylic acids is 1. The largest absolute Gasteiger partial charge is 0.369 e. The number of ether oxygens (including phenoxy) is 1. The van der Waals surface area contributed by atoms with E-state index in [1.165, 1.54) is 0 Å².